The number of Topliss-reactive ketones (excluding diaryl/α,β-unsaturated/α-hetero) is 1. The monoisotopic (exact) mass is 466 g/mol. The number of carbonyl (C=O) groups excluding carboxylic acids is 1. The average molecular weight is 467 g/mol. The van der Waals surface area contributed by atoms with Crippen molar-refractivity contribution in [1.82, 2.24) is 0 Å². The van der Waals surface area contributed by atoms with E-state index in [0.29, 0.717) is 23.8 Å². The Hall–Kier alpha value is -1.09. The van der Waals surface area contributed by atoms with Crippen molar-refractivity contribution in [2.45, 2.75) is 103 Å². The Morgan fingerprint density at radius 2 is 1.97 bits per heavy atom. The maximum atomic E-state index is 12.1. The zero-order chi connectivity index (χ0) is 24.5. The van der Waals surface area contributed by atoms with E-state index in [1.807, 2.05) is 6.92 Å². The molecule has 188 valence electrons. The van der Waals surface area contributed by atoms with Crippen molar-refractivity contribution in [2.75, 3.05) is 6.61 Å². The van der Waals surface area contributed by atoms with E-state index in [1.54, 1.807) is 6.92 Å². The Kier molecular flexibility index (Phi) is 8.57. The Labute approximate surface area is 197 Å². The summed E-state index contributed by atoms with van der Waals surface area (Å²) in [7, 11) is 0. The first-order valence-electron chi connectivity index (χ1n) is 12.3. The number of aliphatic hydroxyl groups is 4. The van der Waals surface area contributed by atoms with E-state index in [0.717, 1.165) is 32.1 Å². The summed E-state index contributed by atoms with van der Waals surface area (Å²) in [6.07, 6.45) is 0.972. The van der Waals surface area contributed by atoms with Crippen LogP contribution in [0, 0.1) is 23.7 Å². The van der Waals surface area contributed by atoms with E-state index in [4.69, 9.17) is 9.47 Å². The molecule has 7 heteroatoms. The molecule has 3 rings (SSSR count). The summed E-state index contributed by atoms with van der Waals surface area (Å²) in [6.45, 7) is 11.5. The van der Waals surface area contributed by atoms with Crippen LogP contribution in [0.2, 0.25) is 0 Å². The second-order valence-corrected chi connectivity index (χ2v) is 10.8. The lowest BCUT2D eigenvalue weighted by molar-refractivity contribution is -0.337. The van der Waals surface area contributed by atoms with E-state index in [-0.39, 0.29) is 17.6 Å². The highest BCUT2D eigenvalue weighted by atomic mass is 16.7. The Morgan fingerprint density at radius 3 is 2.61 bits per heavy atom. The van der Waals surface area contributed by atoms with E-state index in [1.165, 1.54) is 5.57 Å². The minimum Gasteiger partial charge on any atom is -0.394 e. The molecule has 3 aliphatic rings. The van der Waals surface area contributed by atoms with Gasteiger partial charge in [-0.15, -0.1) is 0 Å². The third kappa shape index (κ3) is 5.60. The van der Waals surface area contributed by atoms with Crippen LogP contribution < -0.4 is 0 Å². The van der Waals surface area contributed by atoms with Crippen molar-refractivity contribution < 1.29 is 34.7 Å². The fraction of sp³-hybridized carbons (Fsp3) is 0.808. The third-order valence-corrected chi connectivity index (χ3v) is 8.31. The fourth-order valence-corrected chi connectivity index (χ4v) is 6.10. The van der Waals surface area contributed by atoms with Crippen LogP contribution in [0.15, 0.2) is 23.8 Å². The highest BCUT2D eigenvalue weighted by Gasteiger charge is 2.52. The zero-order valence-corrected chi connectivity index (χ0v) is 20.4. The zero-order valence-electron chi connectivity index (χ0n) is 20.4. The first-order valence-corrected chi connectivity index (χ1v) is 12.3. The standard InChI is InChI=1S/C26H42O7/c1-14(2)20(28)9-7-16(4)17-10-11-26(5,19-8-6-15(3)12-18(17)19)33-25-24(31)23(30)22(29)21(13-27)32-25/h12,16-19,21-25,27,29-31H,1,6-11,13H2,2-5H3/t16-,17+,18+,19+,21-,22+,23+,24-,25+,26+/m1/s1. The number of carbonyl (C=O) groups is 1. The van der Waals surface area contributed by atoms with Crippen LogP contribution in [0.5, 0.6) is 0 Å². The molecule has 1 saturated heterocycles. The number of fused-ring (bicyclic) bond motifs is 1. The normalized spacial score (nSPS) is 42.2. The second kappa shape index (κ2) is 10.7. The minimum atomic E-state index is -1.45. The molecular formula is C26H42O7. The van der Waals surface area contributed by atoms with Crippen molar-refractivity contribution in [3.63, 3.8) is 0 Å². The molecule has 33 heavy (non-hydrogen) atoms. The number of aliphatic hydroxyl groups excluding tert-OH is 4. The molecular weight excluding hydrogens is 424 g/mol. The molecule has 1 saturated carbocycles. The highest BCUT2D eigenvalue weighted by Crippen LogP contribution is 2.52. The molecule has 0 radical (unpaired) electrons. The number of ketones is 1. The van der Waals surface area contributed by atoms with Crippen LogP contribution >= 0.6 is 0 Å². The summed E-state index contributed by atoms with van der Waals surface area (Å²) in [5.74, 6) is 1.42. The van der Waals surface area contributed by atoms with Crippen LogP contribution in [-0.4, -0.2) is 69.1 Å². The summed E-state index contributed by atoms with van der Waals surface area (Å²) < 4.78 is 12.1. The lowest BCUT2D eigenvalue weighted by Gasteiger charge is -2.54. The van der Waals surface area contributed by atoms with E-state index < -0.39 is 42.9 Å². The summed E-state index contributed by atoms with van der Waals surface area (Å²) >= 11 is 0. The third-order valence-electron chi connectivity index (χ3n) is 8.31. The maximum absolute atomic E-state index is 12.1. The Balaban J connectivity index is 1.76. The SMILES string of the molecule is C=C(C)C(=O)CC[C@@H](C)[C@@H]1CC[C@](C)(O[C@@H]2O[C@H](CO)[C@H](O)[C@H](O)[C@H]2O)[C@H]2CCC(C)=C[C@@H]12. The molecule has 0 amide bonds. The van der Waals surface area contributed by atoms with Gasteiger partial charge < -0.3 is 29.9 Å². The van der Waals surface area contributed by atoms with Crippen LogP contribution in [-0.2, 0) is 14.3 Å². The van der Waals surface area contributed by atoms with Crippen molar-refractivity contribution in [1.29, 1.82) is 0 Å². The van der Waals surface area contributed by atoms with Gasteiger partial charge in [0.1, 0.15) is 24.4 Å². The maximum Gasteiger partial charge on any atom is 0.187 e. The molecule has 2 aliphatic carbocycles. The van der Waals surface area contributed by atoms with E-state index in [2.05, 4.69) is 26.5 Å². The average Bonchev–Trinajstić information content (AvgIpc) is 2.77. The molecule has 0 spiro atoms. The number of allylic oxidation sites excluding steroid dienone is 3. The predicted octanol–water partition coefficient (Wildman–Crippen LogP) is 2.51. The molecule has 2 fully saturated rings. The van der Waals surface area contributed by atoms with Gasteiger partial charge in [-0.2, -0.15) is 0 Å². The van der Waals surface area contributed by atoms with Gasteiger partial charge in [0.25, 0.3) is 0 Å². The fourth-order valence-electron chi connectivity index (χ4n) is 6.10. The molecule has 10 atom stereocenters. The summed E-state index contributed by atoms with van der Waals surface area (Å²) in [4.78, 5) is 12.1. The Morgan fingerprint density at radius 1 is 1.27 bits per heavy atom. The van der Waals surface area contributed by atoms with E-state index in [9.17, 15) is 25.2 Å². The topological polar surface area (TPSA) is 116 Å². The number of hydrogen-bond acceptors (Lipinski definition) is 7. The van der Waals surface area contributed by atoms with Crippen molar-refractivity contribution in [3.05, 3.63) is 23.8 Å². The molecule has 4 N–H and O–H groups in total. The molecule has 1 heterocycles. The molecule has 7 nitrogen and oxygen atoms in total. The molecule has 0 unspecified atom stereocenters. The molecule has 0 aromatic carbocycles. The summed E-state index contributed by atoms with van der Waals surface area (Å²) in [6, 6.07) is 0. The quantitative estimate of drug-likeness (QED) is 0.321. The van der Waals surface area contributed by atoms with Crippen LogP contribution in [0.3, 0.4) is 0 Å². The van der Waals surface area contributed by atoms with Gasteiger partial charge in [0.05, 0.1) is 12.2 Å². The van der Waals surface area contributed by atoms with Gasteiger partial charge >= 0.3 is 0 Å². The van der Waals surface area contributed by atoms with Gasteiger partial charge in [-0.05, 0) is 82.1 Å². The van der Waals surface area contributed by atoms with Crippen molar-refractivity contribution in [2.24, 2.45) is 23.7 Å². The first kappa shape index (κ1) is 26.5. The van der Waals surface area contributed by atoms with Gasteiger partial charge in [-0.1, -0.05) is 25.2 Å². The lowest BCUT2D eigenvalue weighted by atomic mass is 9.57. The first-order chi connectivity index (χ1) is 15.5. The molecule has 1 aliphatic heterocycles. The van der Waals surface area contributed by atoms with E-state index >= 15 is 0 Å². The smallest absolute Gasteiger partial charge is 0.187 e. The second-order valence-electron chi connectivity index (χ2n) is 10.8. The molecule has 0 bridgehead atoms. The van der Waals surface area contributed by atoms with Crippen LogP contribution in [0.1, 0.15) is 66.2 Å². The summed E-state index contributed by atoms with van der Waals surface area (Å²) in [5.41, 5.74) is 1.39. The predicted molar refractivity (Wildman–Crippen MR) is 124 cm³/mol. The number of ether oxygens (including phenoxy) is 2. The largest absolute Gasteiger partial charge is 0.394 e. The van der Waals surface area contributed by atoms with Gasteiger partial charge in [0.2, 0.25) is 0 Å². The van der Waals surface area contributed by atoms with Crippen LogP contribution in [0.25, 0.3) is 0 Å². The highest BCUT2D eigenvalue weighted by molar-refractivity contribution is 5.94. The minimum absolute atomic E-state index is 0.125. The Bertz CT molecular complexity index is 747. The van der Waals surface area contributed by atoms with Gasteiger partial charge in [0, 0.05) is 6.42 Å². The number of rotatable bonds is 8. The van der Waals surface area contributed by atoms with Crippen molar-refractivity contribution in [3.8, 4) is 0 Å². The lowest BCUT2D eigenvalue weighted by Crippen LogP contribution is -2.62. The van der Waals surface area contributed by atoms with Gasteiger partial charge in [-0.25, -0.2) is 0 Å². The summed E-state index contributed by atoms with van der Waals surface area (Å²) in [5, 5.41) is 40.3. The van der Waals surface area contributed by atoms with Gasteiger partial charge in [-0.3, -0.25) is 4.79 Å². The van der Waals surface area contributed by atoms with Gasteiger partial charge in [0.15, 0.2) is 12.1 Å². The molecule has 0 aromatic heterocycles. The number of hydrogen-bond donors (Lipinski definition) is 4. The molecule has 0 aromatic rings. The van der Waals surface area contributed by atoms with Crippen LogP contribution in [0.4, 0.5) is 0 Å². The van der Waals surface area contributed by atoms with Crippen molar-refractivity contribution >= 4 is 5.78 Å².